The summed E-state index contributed by atoms with van der Waals surface area (Å²) >= 11 is 0. The van der Waals surface area contributed by atoms with Crippen LogP contribution in [-0.2, 0) is 4.79 Å². The number of nitrogens with zero attached hydrogens (tertiary/aromatic N) is 2. The summed E-state index contributed by atoms with van der Waals surface area (Å²) in [6.07, 6.45) is 11.6. The maximum absolute atomic E-state index is 12.6. The molecule has 2 unspecified atom stereocenters. The zero-order valence-electron chi connectivity index (χ0n) is 13.6. The van der Waals surface area contributed by atoms with Gasteiger partial charge in [-0.15, -0.1) is 0 Å². The Morgan fingerprint density at radius 2 is 1.50 bits per heavy atom. The van der Waals surface area contributed by atoms with Crippen LogP contribution in [0.25, 0.3) is 0 Å². The van der Waals surface area contributed by atoms with Crippen molar-refractivity contribution in [2.45, 2.75) is 89.8 Å². The van der Waals surface area contributed by atoms with Gasteiger partial charge in [0.1, 0.15) is 0 Å². The zero-order chi connectivity index (χ0) is 14.5. The molecule has 1 saturated heterocycles. The summed E-state index contributed by atoms with van der Waals surface area (Å²) in [5, 5.41) is 0. The maximum atomic E-state index is 12.6. The summed E-state index contributed by atoms with van der Waals surface area (Å²) in [6.45, 7) is 5.03. The van der Waals surface area contributed by atoms with Crippen LogP contribution in [0.4, 0.5) is 0 Å². The molecule has 0 N–H and O–H groups in total. The molecule has 20 heavy (non-hydrogen) atoms. The Morgan fingerprint density at radius 1 is 0.950 bits per heavy atom. The number of rotatable bonds is 3. The first-order valence-corrected chi connectivity index (χ1v) is 8.61. The van der Waals surface area contributed by atoms with Gasteiger partial charge in [-0.05, 0) is 53.0 Å². The van der Waals surface area contributed by atoms with Gasteiger partial charge < -0.3 is 4.90 Å². The Balaban J connectivity index is 1.88. The minimum atomic E-state index is 0.344. The Morgan fingerprint density at radius 3 is 2.05 bits per heavy atom. The smallest absolute Gasteiger partial charge is 0.237 e. The van der Waals surface area contributed by atoms with Gasteiger partial charge in [0.05, 0.1) is 6.54 Å². The predicted molar refractivity (Wildman–Crippen MR) is 83.7 cm³/mol. The van der Waals surface area contributed by atoms with Gasteiger partial charge in [0.15, 0.2) is 0 Å². The van der Waals surface area contributed by atoms with E-state index < -0.39 is 0 Å². The number of hydrogen-bond acceptors (Lipinski definition) is 2. The Hall–Kier alpha value is -0.570. The predicted octanol–water partition coefficient (Wildman–Crippen LogP) is 3.43. The van der Waals surface area contributed by atoms with Crippen LogP contribution in [0, 0.1) is 0 Å². The molecular formula is C17H32N2O. The molecule has 1 heterocycles. The van der Waals surface area contributed by atoms with Crippen molar-refractivity contribution in [2.24, 2.45) is 0 Å². The lowest BCUT2D eigenvalue weighted by Crippen LogP contribution is -2.51. The fraction of sp³-hybridized carbons (Fsp3) is 0.941. The largest absolute Gasteiger partial charge is 0.336 e. The van der Waals surface area contributed by atoms with E-state index in [9.17, 15) is 4.79 Å². The van der Waals surface area contributed by atoms with E-state index in [0.29, 0.717) is 30.6 Å². The third kappa shape index (κ3) is 3.97. The zero-order valence-corrected chi connectivity index (χ0v) is 13.6. The highest BCUT2D eigenvalue weighted by atomic mass is 16.2. The Kier molecular flexibility index (Phi) is 5.88. The highest BCUT2D eigenvalue weighted by molar-refractivity contribution is 5.79. The highest BCUT2D eigenvalue weighted by Crippen LogP contribution is 2.24. The Labute approximate surface area is 124 Å². The van der Waals surface area contributed by atoms with Gasteiger partial charge in [-0.1, -0.05) is 25.7 Å². The van der Waals surface area contributed by atoms with Crippen molar-refractivity contribution in [3.05, 3.63) is 0 Å². The van der Waals surface area contributed by atoms with Crippen LogP contribution < -0.4 is 0 Å². The first-order chi connectivity index (χ1) is 9.59. The van der Waals surface area contributed by atoms with Gasteiger partial charge in [0.2, 0.25) is 5.91 Å². The molecule has 0 aromatic heterocycles. The lowest BCUT2D eigenvalue weighted by Gasteiger charge is -2.40. The molecule has 2 rings (SSSR count). The van der Waals surface area contributed by atoms with Crippen LogP contribution in [0.1, 0.15) is 71.6 Å². The quantitative estimate of drug-likeness (QED) is 0.739. The van der Waals surface area contributed by atoms with E-state index >= 15 is 0 Å². The maximum Gasteiger partial charge on any atom is 0.237 e. The molecule has 0 radical (unpaired) electrons. The van der Waals surface area contributed by atoms with E-state index in [0.717, 1.165) is 0 Å². The second-order valence-electron chi connectivity index (χ2n) is 6.99. The van der Waals surface area contributed by atoms with Crippen LogP contribution in [-0.4, -0.2) is 47.4 Å². The van der Waals surface area contributed by atoms with Crippen LogP contribution in [0.5, 0.6) is 0 Å². The molecule has 1 aliphatic heterocycles. The fourth-order valence-electron chi connectivity index (χ4n) is 4.04. The summed E-state index contributed by atoms with van der Waals surface area (Å²) in [4.78, 5) is 17.1. The lowest BCUT2D eigenvalue weighted by molar-refractivity contribution is -0.138. The van der Waals surface area contributed by atoms with Gasteiger partial charge in [0.25, 0.3) is 0 Å². The lowest BCUT2D eigenvalue weighted by atomic mass is 9.97. The van der Waals surface area contributed by atoms with E-state index in [1.807, 2.05) is 0 Å². The van der Waals surface area contributed by atoms with Gasteiger partial charge in [0, 0.05) is 18.1 Å². The van der Waals surface area contributed by atoms with Crippen LogP contribution in [0.2, 0.25) is 0 Å². The van der Waals surface area contributed by atoms with Gasteiger partial charge in [-0.2, -0.15) is 0 Å². The molecule has 116 valence electrons. The molecule has 1 amide bonds. The molecule has 1 aliphatic carbocycles. The van der Waals surface area contributed by atoms with E-state index in [1.54, 1.807) is 0 Å². The van der Waals surface area contributed by atoms with Crippen molar-refractivity contribution in [1.82, 2.24) is 9.80 Å². The van der Waals surface area contributed by atoms with Crippen LogP contribution in [0.15, 0.2) is 0 Å². The minimum Gasteiger partial charge on any atom is -0.336 e. The molecule has 0 aromatic rings. The van der Waals surface area contributed by atoms with Crippen molar-refractivity contribution in [2.75, 3.05) is 13.6 Å². The summed E-state index contributed by atoms with van der Waals surface area (Å²) in [5.74, 6) is 0.344. The summed E-state index contributed by atoms with van der Waals surface area (Å²) in [5.41, 5.74) is 0. The summed E-state index contributed by atoms with van der Waals surface area (Å²) < 4.78 is 0. The summed E-state index contributed by atoms with van der Waals surface area (Å²) in [6, 6.07) is 1.47. The number of hydrogen-bond donors (Lipinski definition) is 0. The van der Waals surface area contributed by atoms with Crippen molar-refractivity contribution < 1.29 is 4.79 Å². The molecule has 3 heteroatoms. The monoisotopic (exact) mass is 280 g/mol. The number of likely N-dealkylation sites (tertiary alicyclic amines) is 1. The highest BCUT2D eigenvalue weighted by Gasteiger charge is 2.30. The molecule has 1 saturated carbocycles. The molecule has 2 atom stereocenters. The third-order valence-corrected chi connectivity index (χ3v) is 5.31. The minimum absolute atomic E-state index is 0.344. The average molecular weight is 280 g/mol. The number of carbonyl (C=O) groups excluding carboxylic acids is 1. The van der Waals surface area contributed by atoms with E-state index in [4.69, 9.17) is 0 Å². The van der Waals surface area contributed by atoms with Crippen molar-refractivity contribution in [1.29, 1.82) is 0 Å². The number of carbonyl (C=O) groups is 1. The third-order valence-electron chi connectivity index (χ3n) is 5.31. The SMILES string of the molecule is CC1CCCC(C)N1C(=O)CN(C)C1CCCCCC1. The Bertz CT molecular complexity index is 300. The van der Waals surface area contributed by atoms with Crippen molar-refractivity contribution in [3.63, 3.8) is 0 Å². The number of likely N-dealkylation sites (N-methyl/N-ethyl adjacent to an activating group) is 1. The second kappa shape index (κ2) is 7.44. The summed E-state index contributed by atoms with van der Waals surface area (Å²) in [7, 11) is 2.15. The first-order valence-electron chi connectivity index (χ1n) is 8.61. The van der Waals surface area contributed by atoms with E-state index in [2.05, 4.69) is 30.7 Å². The molecule has 2 aliphatic rings. The number of amides is 1. The standard InChI is InChI=1S/C17H32N2O/c1-14-9-8-10-15(2)19(14)17(20)13-18(3)16-11-6-4-5-7-12-16/h14-16H,4-13H2,1-3H3. The second-order valence-corrected chi connectivity index (χ2v) is 6.99. The van der Waals surface area contributed by atoms with E-state index in [1.165, 1.54) is 57.8 Å². The fourth-order valence-corrected chi connectivity index (χ4v) is 4.04. The van der Waals surface area contributed by atoms with Gasteiger partial charge in [-0.25, -0.2) is 0 Å². The molecule has 0 aromatic carbocycles. The molecular weight excluding hydrogens is 248 g/mol. The van der Waals surface area contributed by atoms with E-state index in [-0.39, 0.29) is 0 Å². The molecule has 2 fully saturated rings. The van der Waals surface area contributed by atoms with Crippen molar-refractivity contribution >= 4 is 5.91 Å². The topological polar surface area (TPSA) is 23.6 Å². The van der Waals surface area contributed by atoms with Crippen molar-refractivity contribution in [3.8, 4) is 0 Å². The first kappa shape index (κ1) is 15.8. The molecule has 0 bridgehead atoms. The van der Waals surface area contributed by atoms with Gasteiger partial charge in [-0.3, -0.25) is 9.69 Å². The number of piperidine rings is 1. The normalized spacial score (nSPS) is 29.5. The molecule has 0 spiro atoms. The van der Waals surface area contributed by atoms with Crippen LogP contribution in [0.3, 0.4) is 0 Å². The van der Waals surface area contributed by atoms with Gasteiger partial charge >= 0.3 is 0 Å². The average Bonchev–Trinajstić information content (AvgIpc) is 2.67. The molecule has 3 nitrogen and oxygen atoms in total. The van der Waals surface area contributed by atoms with Crippen LogP contribution >= 0.6 is 0 Å².